The summed E-state index contributed by atoms with van der Waals surface area (Å²) in [6.45, 7) is 6.90. The number of fused-ring (bicyclic) bond motifs is 1. The fraction of sp³-hybridized carbons (Fsp3) is 0.423. The van der Waals surface area contributed by atoms with Gasteiger partial charge in [-0.2, -0.15) is 0 Å². The van der Waals surface area contributed by atoms with Crippen LogP contribution in [0.25, 0.3) is 10.9 Å². The number of nitrogens with zero attached hydrogens (tertiary/aromatic N) is 1. The van der Waals surface area contributed by atoms with Gasteiger partial charge in [0.2, 0.25) is 0 Å². The van der Waals surface area contributed by atoms with Crippen molar-refractivity contribution in [1.82, 2.24) is 4.57 Å². The van der Waals surface area contributed by atoms with E-state index in [-0.39, 0.29) is 5.78 Å². The molecule has 29 heavy (non-hydrogen) atoms. The van der Waals surface area contributed by atoms with Crippen LogP contribution in [0.4, 0.5) is 0 Å². The van der Waals surface area contributed by atoms with Crippen LogP contribution >= 0.6 is 0 Å². The van der Waals surface area contributed by atoms with Crippen molar-refractivity contribution in [3.8, 4) is 0 Å². The highest BCUT2D eigenvalue weighted by atomic mass is 16.5. The Bertz CT molecular complexity index is 911. The maximum absolute atomic E-state index is 13.2. The van der Waals surface area contributed by atoms with Gasteiger partial charge in [-0.05, 0) is 32.3 Å². The fourth-order valence-corrected chi connectivity index (χ4v) is 3.95. The lowest BCUT2D eigenvalue weighted by molar-refractivity contribution is 0.103. The monoisotopic (exact) mass is 391 g/mol. The van der Waals surface area contributed by atoms with Crippen LogP contribution in [0.15, 0.2) is 54.6 Å². The average Bonchev–Trinajstić information content (AvgIpc) is 3.04. The maximum atomic E-state index is 13.2. The van der Waals surface area contributed by atoms with Crippen LogP contribution in [-0.2, 0) is 11.3 Å². The lowest BCUT2D eigenvalue weighted by Crippen LogP contribution is -2.06. The lowest BCUT2D eigenvalue weighted by Gasteiger charge is -2.09. The molecule has 0 atom stereocenters. The van der Waals surface area contributed by atoms with E-state index in [4.69, 9.17) is 4.74 Å². The number of ether oxygens (including phenoxy) is 1. The zero-order valence-electron chi connectivity index (χ0n) is 17.8. The molecule has 3 heteroatoms. The first-order valence-corrected chi connectivity index (χ1v) is 11.0. The Morgan fingerprint density at radius 2 is 1.55 bits per heavy atom. The summed E-state index contributed by atoms with van der Waals surface area (Å²) >= 11 is 0. The van der Waals surface area contributed by atoms with Crippen molar-refractivity contribution in [2.45, 2.75) is 58.9 Å². The summed E-state index contributed by atoms with van der Waals surface area (Å²) < 4.78 is 8.07. The summed E-state index contributed by atoms with van der Waals surface area (Å²) in [6.07, 6.45) is 7.09. The Morgan fingerprint density at radius 1 is 0.862 bits per heavy atom. The van der Waals surface area contributed by atoms with Crippen LogP contribution in [0.3, 0.4) is 0 Å². The number of carbonyl (C=O) groups excluding carboxylic acids is 1. The Balaban J connectivity index is 1.65. The first kappa shape index (κ1) is 21.3. The van der Waals surface area contributed by atoms with Gasteiger partial charge in [-0.25, -0.2) is 0 Å². The third kappa shape index (κ3) is 5.36. The summed E-state index contributed by atoms with van der Waals surface area (Å²) in [6, 6.07) is 17.8. The van der Waals surface area contributed by atoms with Crippen LogP contribution in [0.2, 0.25) is 0 Å². The second-order valence-electron chi connectivity index (χ2n) is 7.70. The number of ketones is 1. The fourth-order valence-electron chi connectivity index (χ4n) is 3.95. The van der Waals surface area contributed by atoms with Gasteiger partial charge in [-0.15, -0.1) is 0 Å². The van der Waals surface area contributed by atoms with E-state index in [0.717, 1.165) is 60.3 Å². The van der Waals surface area contributed by atoms with E-state index in [2.05, 4.69) is 36.6 Å². The van der Waals surface area contributed by atoms with E-state index in [9.17, 15) is 4.79 Å². The number of unbranched alkanes of at least 4 members (excludes halogenated alkanes) is 4. The largest absolute Gasteiger partial charge is 0.381 e. The third-order valence-corrected chi connectivity index (χ3v) is 5.56. The summed E-state index contributed by atoms with van der Waals surface area (Å²) in [5, 5.41) is 1.05. The van der Waals surface area contributed by atoms with Crippen molar-refractivity contribution in [1.29, 1.82) is 0 Å². The molecule has 3 rings (SSSR count). The van der Waals surface area contributed by atoms with Crippen LogP contribution in [0.1, 0.15) is 67.1 Å². The van der Waals surface area contributed by atoms with E-state index in [1.54, 1.807) is 0 Å². The number of benzene rings is 2. The molecule has 0 bridgehead atoms. The second-order valence-corrected chi connectivity index (χ2v) is 7.70. The van der Waals surface area contributed by atoms with E-state index in [1.165, 1.54) is 25.7 Å². The van der Waals surface area contributed by atoms with Crippen LogP contribution in [0, 0.1) is 6.92 Å². The molecule has 1 heterocycles. The molecule has 0 spiro atoms. The van der Waals surface area contributed by atoms with Gasteiger partial charge in [-0.1, -0.05) is 74.7 Å². The van der Waals surface area contributed by atoms with Crippen molar-refractivity contribution in [3.63, 3.8) is 0 Å². The van der Waals surface area contributed by atoms with Gasteiger partial charge in [0.05, 0.1) is 5.56 Å². The summed E-state index contributed by atoms with van der Waals surface area (Å²) in [5.74, 6) is 0.105. The molecule has 0 amide bonds. The van der Waals surface area contributed by atoms with Gasteiger partial charge in [-0.3, -0.25) is 4.79 Å². The molecular formula is C26H33NO2. The molecule has 3 nitrogen and oxygen atoms in total. The zero-order valence-corrected chi connectivity index (χ0v) is 17.8. The van der Waals surface area contributed by atoms with Crippen LogP contribution in [0.5, 0.6) is 0 Å². The van der Waals surface area contributed by atoms with Gasteiger partial charge in [0.25, 0.3) is 0 Å². The Kier molecular flexibility index (Phi) is 8.06. The van der Waals surface area contributed by atoms with Gasteiger partial charge in [0, 0.05) is 41.9 Å². The van der Waals surface area contributed by atoms with Crippen LogP contribution in [-0.4, -0.2) is 23.6 Å². The van der Waals surface area contributed by atoms with Crippen LogP contribution < -0.4 is 0 Å². The molecule has 0 aliphatic heterocycles. The highest BCUT2D eigenvalue weighted by Gasteiger charge is 2.20. The third-order valence-electron chi connectivity index (χ3n) is 5.56. The van der Waals surface area contributed by atoms with E-state index in [1.807, 2.05) is 36.4 Å². The quantitative estimate of drug-likeness (QED) is 0.259. The number of aromatic nitrogens is 1. The molecule has 0 unspecified atom stereocenters. The summed E-state index contributed by atoms with van der Waals surface area (Å²) in [4.78, 5) is 13.2. The molecule has 0 fully saturated rings. The van der Waals surface area contributed by atoms with E-state index < -0.39 is 0 Å². The molecule has 1 aromatic heterocycles. The molecule has 0 N–H and O–H groups in total. The average molecular weight is 392 g/mol. The van der Waals surface area contributed by atoms with Gasteiger partial charge in [0.1, 0.15) is 0 Å². The minimum absolute atomic E-state index is 0.105. The highest BCUT2D eigenvalue weighted by Crippen LogP contribution is 2.28. The molecule has 0 saturated carbocycles. The van der Waals surface area contributed by atoms with Crippen molar-refractivity contribution in [3.05, 3.63) is 71.4 Å². The molecule has 154 valence electrons. The molecule has 0 aliphatic rings. The predicted molar refractivity (Wildman–Crippen MR) is 121 cm³/mol. The zero-order chi connectivity index (χ0) is 20.5. The van der Waals surface area contributed by atoms with Gasteiger partial charge < -0.3 is 9.30 Å². The second kappa shape index (κ2) is 11.0. The minimum atomic E-state index is 0.105. The first-order chi connectivity index (χ1) is 14.2. The number of carbonyl (C=O) groups is 1. The van der Waals surface area contributed by atoms with E-state index >= 15 is 0 Å². The SMILES string of the molecule is CCCCCCOCCCCn1c(C)c(C(=O)c2ccccc2)c2ccccc21. The van der Waals surface area contributed by atoms with Crippen molar-refractivity contribution in [2.75, 3.05) is 13.2 Å². The molecule has 0 radical (unpaired) electrons. The summed E-state index contributed by atoms with van der Waals surface area (Å²) in [7, 11) is 0. The number of aryl methyl sites for hydroxylation is 1. The Morgan fingerprint density at radius 3 is 2.31 bits per heavy atom. The first-order valence-electron chi connectivity index (χ1n) is 11.0. The molecular weight excluding hydrogens is 358 g/mol. The number of rotatable bonds is 12. The molecule has 3 aromatic rings. The summed E-state index contributed by atoms with van der Waals surface area (Å²) in [5.41, 5.74) is 3.78. The minimum Gasteiger partial charge on any atom is -0.381 e. The molecule has 2 aromatic carbocycles. The number of hydrogen-bond donors (Lipinski definition) is 0. The number of para-hydroxylation sites is 1. The lowest BCUT2D eigenvalue weighted by atomic mass is 10.0. The predicted octanol–water partition coefficient (Wildman–Crippen LogP) is 6.56. The molecule has 0 saturated heterocycles. The van der Waals surface area contributed by atoms with Gasteiger partial charge in [0.15, 0.2) is 5.78 Å². The Hall–Kier alpha value is -2.39. The standard InChI is InChI=1S/C26H33NO2/c1-3-4-5-12-19-29-20-13-11-18-27-21(2)25(23-16-9-10-17-24(23)27)26(28)22-14-7-6-8-15-22/h6-10,14-17H,3-5,11-13,18-20H2,1-2H3. The van der Waals surface area contributed by atoms with Crippen molar-refractivity contribution in [2.24, 2.45) is 0 Å². The van der Waals surface area contributed by atoms with Crippen molar-refractivity contribution < 1.29 is 9.53 Å². The number of hydrogen-bond acceptors (Lipinski definition) is 2. The van der Waals surface area contributed by atoms with Gasteiger partial charge >= 0.3 is 0 Å². The van der Waals surface area contributed by atoms with Crippen molar-refractivity contribution >= 4 is 16.7 Å². The normalized spacial score (nSPS) is 11.2. The topological polar surface area (TPSA) is 31.2 Å². The Labute approximate surface area is 174 Å². The molecule has 0 aliphatic carbocycles. The maximum Gasteiger partial charge on any atom is 0.195 e. The van der Waals surface area contributed by atoms with E-state index in [0.29, 0.717) is 0 Å². The smallest absolute Gasteiger partial charge is 0.195 e. The highest BCUT2D eigenvalue weighted by molar-refractivity contribution is 6.17.